The van der Waals surface area contributed by atoms with Gasteiger partial charge in [-0.1, -0.05) is 0 Å². The highest BCUT2D eigenvalue weighted by molar-refractivity contribution is 5.70. The summed E-state index contributed by atoms with van der Waals surface area (Å²) in [6, 6.07) is 0.442. The first-order valence-electron chi connectivity index (χ1n) is 7.32. The molecule has 0 aliphatic heterocycles. The number of carboxylic acids is 1. The molecule has 3 N–H and O–H groups in total. The highest BCUT2D eigenvalue weighted by Gasteiger charge is 2.37. The van der Waals surface area contributed by atoms with Crippen molar-refractivity contribution in [1.29, 1.82) is 0 Å². The largest absolute Gasteiger partial charge is 0.481 e. The van der Waals surface area contributed by atoms with Crippen LogP contribution in [0, 0.1) is 5.92 Å². The van der Waals surface area contributed by atoms with Crippen LogP contribution < -0.4 is 5.32 Å². The van der Waals surface area contributed by atoms with Crippen LogP contribution in [0.4, 0.5) is 0 Å². The summed E-state index contributed by atoms with van der Waals surface area (Å²) in [5, 5.41) is 22.7. The second kappa shape index (κ2) is 6.20. The quantitative estimate of drug-likeness (QED) is 0.675. The van der Waals surface area contributed by atoms with Crippen LogP contribution in [0.15, 0.2) is 0 Å². The molecule has 2 fully saturated rings. The average Bonchev–Trinajstić information content (AvgIpc) is 2.32. The van der Waals surface area contributed by atoms with Crippen molar-refractivity contribution in [2.45, 2.75) is 63.2 Å². The first kappa shape index (κ1) is 14.8. The van der Waals surface area contributed by atoms with Gasteiger partial charge in [0.2, 0.25) is 0 Å². The lowest BCUT2D eigenvalue weighted by atomic mass is 9.78. The van der Waals surface area contributed by atoms with Crippen molar-refractivity contribution < 1.29 is 19.7 Å². The Morgan fingerprint density at radius 2 is 2.00 bits per heavy atom. The maximum Gasteiger partial charge on any atom is 0.306 e. The van der Waals surface area contributed by atoms with Gasteiger partial charge in [0.1, 0.15) is 0 Å². The molecule has 0 spiro atoms. The Hall–Kier alpha value is -0.650. The molecular weight excluding hydrogens is 246 g/mol. The van der Waals surface area contributed by atoms with Crippen LogP contribution in [0.3, 0.4) is 0 Å². The SMILES string of the molecule is CCOC1CC(NCC2(O)CCC(C(=O)O)CC2)C1. The first-order chi connectivity index (χ1) is 9.02. The third-order valence-electron chi connectivity index (χ3n) is 4.48. The number of rotatable bonds is 6. The maximum absolute atomic E-state index is 10.9. The van der Waals surface area contributed by atoms with Gasteiger partial charge in [-0.25, -0.2) is 0 Å². The zero-order chi connectivity index (χ0) is 13.9. The minimum Gasteiger partial charge on any atom is -0.481 e. The lowest BCUT2D eigenvalue weighted by Gasteiger charge is -2.40. The minimum atomic E-state index is -0.728. The fourth-order valence-electron chi connectivity index (χ4n) is 3.02. The van der Waals surface area contributed by atoms with Crippen molar-refractivity contribution in [3.63, 3.8) is 0 Å². The van der Waals surface area contributed by atoms with E-state index < -0.39 is 11.6 Å². The van der Waals surface area contributed by atoms with Crippen molar-refractivity contribution in [2.75, 3.05) is 13.2 Å². The lowest BCUT2D eigenvalue weighted by molar-refractivity contribution is -0.144. The molecule has 2 rings (SSSR count). The molecule has 0 unspecified atom stereocenters. The van der Waals surface area contributed by atoms with Gasteiger partial charge in [0.25, 0.3) is 0 Å². The summed E-state index contributed by atoms with van der Waals surface area (Å²) in [4.78, 5) is 10.9. The third-order valence-corrected chi connectivity index (χ3v) is 4.48. The fraction of sp³-hybridized carbons (Fsp3) is 0.929. The molecule has 2 aliphatic rings. The lowest BCUT2D eigenvalue weighted by Crippen LogP contribution is -2.52. The Kier molecular flexibility index (Phi) is 4.81. The Morgan fingerprint density at radius 3 is 2.53 bits per heavy atom. The number of hydrogen-bond donors (Lipinski definition) is 3. The molecular formula is C14H25NO4. The number of carboxylic acid groups (broad SMARTS) is 1. The number of nitrogens with one attached hydrogen (secondary N) is 1. The zero-order valence-electron chi connectivity index (χ0n) is 11.6. The zero-order valence-corrected chi connectivity index (χ0v) is 11.6. The molecule has 5 nitrogen and oxygen atoms in total. The second-order valence-electron chi connectivity index (χ2n) is 5.96. The second-order valence-corrected chi connectivity index (χ2v) is 5.96. The highest BCUT2D eigenvalue weighted by atomic mass is 16.5. The van der Waals surface area contributed by atoms with E-state index in [1.165, 1.54) is 0 Å². The molecule has 0 aromatic carbocycles. The molecule has 0 radical (unpaired) electrons. The molecule has 110 valence electrons. The van der Waals surface area contributed by atoms with Crippen LogP contribution in [0.5, 0.6) is 0 Å². The molecule has 5 heteroatoms. The molecule has 2 saturated carbocycles. The van der Waals surface area contributed by atoms with Gasteiger partial charge in [-0.3, -0.25) is 4.79 Å². The van der Waals surface area contributed by atoms with Crippen LogP contribution >= 0.6 is 0 Å². The summed E-state index contributed by atoms with van der Waals surface area (Å²) in [5.41, 5.74) is -0.720. The van der Waals surface area contributed by atoms with E-state index in [4.69, 9.17) is 9.84 Å². The summed E-state index contributed by atoms with van der Waals surface area (Å²) in [5.74, 6) is -1.00. The summed E-state index contributed by atoms with van der Waals surface area (Å²) in [6.07, 6.45) is 4.74. The van der Waals surface area contributed by atoms with Gasteiger partial charge in [-0.05, 0) is 45.4 Å². The minimum absolute atomic E-state index is 0.272. The topological polar surface area (TPSA) is 78.8 Å². The first-order valence-corrected chi connectivity index (χ1v) is 7.32. The van der Waals surface area contributed by atoms with Crippen LogP contribution in [0.1, 0.15) is 45.4 Å². The normalized spacial score (nSPS) is 38.7. The van der Waals surface area contributed by atoms with Gasteiger partial charge in [-0.15, -0.1) is 0 Å². The summed E-state index contributed by atoms with van der Waals surface area (Å²) >= 11 is 0. The molecule has 0 aromatic rings. The Morgan fingerprint density at radius 1 is 1.37 bits per heavy atom. The van der Waals surface area contributed by atoms with Crippen LogP contribution in [0.25, 0.3) is 0 Å². The number of hydrogen-bond acceptors (Lipinski definition) is 4. The van der Waals surface area contributed by atoms with E-state index in [9.17, 15) is 9.90 Å². The molecule has 0 amide bonds. The van der Waals surface area contributed by atoms with Crippen molar-refractivity contribution in [3.05, 3.63) is 0 Å². The van der Waals surface area contributed by atoms with Crippen molar-refractivity contribution in [3.8, 4) is 0 Å². The number of aliphatic hydroxyl groups is 1. The van der Waals surface area contributed by atoms with Gasteiger partial charge < -0.3 is 20.3 Å². The summed E-state index contributed by atoms with van der Waals surface area (Å²) in [7, 11) is 0. The fourth-order valence-corrected chi connectivity index (χ4v) is 3.02. The predicted octanol–water partition coefficient (Wildman–Crippen LogP) is 1.15. The van der Waals surface area contributed by atoms with Gasteiger partial charge >= 0.3 is 5.97 Å². The Bertz CT molecular complexity index is 307. The van der Waals surface area contributed by atoms with E-state index in [-0.39, 0.29) is 5.92 Å². The van der Waals surface area contributed by atoms with E-state index in [2.05, 4.69) is 5.32 Å². The van der Waals surface area contributed by atoms with E-state index in [1.807, 2.05) is 6.92 Å². The highest BCUT2D eigenvalue weighted by Crippen LogP contribution is 2.32. The maximum atomic E-state index is 10.9. The monoisotopic (exact) mass is 271 g/mol. The van der Waals surface area contributed by atoms with Crippen molar-refractivity contribution in [2.24, 2.45) is 5.92 Å². The van der Waals surface area contributed by atoms with E-state index >= 15 is 0 Å². The molecule has 0 saturated heterocycles. The van der Waals surface area contributed by atoms with Crippen molar-refractivity contribution >= 4 is 5.97 Å². The molecule has 19 heavy (non-hydrogen) atoms. The predicted molar refractivity (Wildman–Crippen MR) is 71.0 cm³/mol. The van der Waals surface area contributed by atoms with Crippen LogP contribution in [-0.4, -0.2) is 47.1 Å². The van der Waals surface area contributed by atoms with Gasteiger partial charge in [0.15, 0.2) is 0 Å². The molecule has 0 atom stereocenters. The van der Waals surface area contributed by atoms with E-state index in [0.29, 0.717) is 44.4 Å². The number of carbonyl (C=O) groups is 1. The smallest absolute Gasteiger partial charge is 0.306 e. The van der Waals surface area contributed by atoms with Crippen molar-refractivity contribution in [1.82, 2.24) is 5.32 Å². The van der Waals surface area contributed by atoms with Crippen LogP contribution in [-0.2, 0) is 9.53 Å². The average molecular weight is 271 g/mol. The Labute approximate surface area is 114 Å². The third kappa shape index (κ3) is 3.91. The van der Waals surface area contributed by atoms with E-state index in [1.54, 1.807) is 0 Å². The van der Waals surface area contributed by atoms with Crippen LogP contribution in [0.2, 0.25) is 0 Å². The van der Waals surface area contributed by atoms with Gasteiger partial charge in [0, 0.05) is 19.2 Å². The molecule has 0 bridgehead atoms. The number of aliphatic carboxylic acids is 1. The molecule has 0 aromatic heterocycles. The molecule has 2 aliphatic carbocycles. The summed E-state index contributed by atoms with van der Waals surface area (Å²) < 4.78 is 5.50. The van der Waals surface area contributed by atoms with E-state index in [0.717, 1.165) is 19.4 Å². The van der Waals surface area contributed by atoms with Gasteiger partial charge in [-0.2, -0.15) is 0 Å². The number of ether oxygens (including phenoxy) is 1. The summed E-state index contributed by atoms with van der Waals surface area (Å²) in [6.45, 7) is 3.34. The van der Waals surface area contributed by atoms with Gasteiger partial charge in [0.05, 0.1) is 17.6 Å². The Balaban J connectivity index is 1.65. The standard InChI is InChI=1S/C14H25NO4/c1-2-19-12-7-11(8-12)15-9-14(18)5-3-10(4-6-14)13(16)17/h10-12,15,18H,2-9H2,1H3,(H,16,17). The molecule has 0 heterocycles.